The maximum absolute atomic E-state index is 12.5. The third-order valence-corrected chi connectivity index (χ3v) is 3.95. The van der Waals surface area contributed by atoms with Crippen molar-refractivity contribution < 1.29 is 0 Å². The largest absolute Gasteiger partial charge is 0.307 e. The average molecular weight is 294 g/mol. The average Bonchev–Trinajstić information content (AvgIpc) is 2.51. The molecule has 0 unspecified atom stereocenters. The van der Waals surface area contributed by atoms with Crippen molar-refractivity contribution in [2.75, 3.05) is 0 Å². The quantitative estimate of drug-likeness (QED) is 0.776. The summed E-state index contributed by atoms with van der Waals surface area (Å²) in [6.45, 7) is 6.89. The summed E-state index contributed by atoms with van der Waals surface area (Å²) in [7, 11) is 0. The molecule has 0 aliphatic carbocycles. The van der Waals surface area contributed by atoms with E-state index in [1.807, 2.05) is 26.0 Å². The molecule has 0 aliphatic rings. The second kappa shape index (κ2) is 7.09. The van der Waals surface area contributed by atoms with Crippen LogP contribution in [-0.4, -0.2) is 4.57 Å². The van der Waals surface area contributed by atoms with E-state index in [-0.39, 0.29) is 11.1 Å². The Hall–Kier alpha value is -2.34. The van der Waals surface area contributed by atoms with E-state index in [1.54, 1.807) is 10.6 Å². The monoisotopic (exact) mass is 294 g/mol. The van der Waals surface area contributed by atoms with Crippen molar-refractivity contribution in [2.45, 2.75) is 46.6 Å². The first-order valence-corrected chi connectivity index (χ1v) is 7.80. The Morgan fingerprint density at radius 3 is 2.59 bits per heavy atom. The Kier molecular flexibility index (Phi) is 5.16. The number of nitrogens with zero attached hydrogens (tertiary/aromatic N) is 2. The highest BCUT2D eigenvalue weighted by atomic mass is 16.1. The number of nitriles is 1. The van der Waals surface area contributed by atoms with Gasteiger partial charge in [-0.1, -0.05) is 37.5 Å². The molecule has 3 heteroatoms. The van der Waals surface area contributed by atoms with Gasteiger partial charge in [0.1, 0.15) is 11.6 Å². The number of hydrogen-bond donors (Lipinski definition) is 0. The number of rotatable bonds is 5. The van der Waals surface area contributed by atoms with E-state index < -0.39 is 0 Å². The van der Waals surface area contributed by atoms with Crippen molar-refractivity contribution in [3.05, 3.63) is 57.4 Å². The van der Waals surface area contributed by atoms with Gasteiger partial charge < -0.3 is 4.57 Å². The molecular weight excluding hydrogens is 272 g/mol. The predicted octanol–water partition coefficient (Wildman–Crippen LogP) is 4.19. The number of aryl methyl sites for hydroxylation is 2. The summed E-state index contributed by atoms with van der Waals surface area (Å²) in [6.07, 6.45) is 3.13. The second-order valence-corrected chi connectivity index (χ2v) is 5.73. The molecule has 0 atom stereocenters. The van der Waals surface area contributed by atoms with E-state index in [0.717, 1.165) is 41.6 Å². The Labute approximate surface area is 131 Å². The smallest absolute Gasteiger partial charge is 0.268 e. The van der Waals surface area contributed by atoms with Crippen LogP contribution < -0.4 is 5.56 Å². The Morgan fingerprint density at radius 2 is 1.91 bits per heavy atom. The Morgan fingerprint density at radius 1 is 1.14 bits per heavy atom. The van der Waals surface area contributed by atoms with Crippen LogP contribution in [0.4, 0.5) is 0 Å². The fraction of sp³-hybridized carbons (Fsp3) is 0.368. The van der Waals surface area contributed by atoms with Crippen molar-refractivity contribution in [2.24, 2.45) is 0 Å². The summed E-state index contributed by atoms with van der Waals surface area (Å²) in [5.74, 6) is 0. The van der Waals surface area contributed by atoms with Crippen LogP contribution in [0.2, 0.25) is 0 Å². The molecule has 2 rings (SSSR count). The van der Waals surface area contributed by atoms with Gasteiger partial charge in [0.05, 0.1) is 5.69 Å². The molecule has 0 bridgehead atoms. The van der Waals surface area contributed by atoms with Gasteiger partial charge in [-0.3, -0.25) is 4.79 Å². The maximum atomic E-state index is 12.5. The van der Waals surface area contributed by atoms with Crippen LogP contribution in [0.5, 0.6) is 0 Å². The summed E-state index contributed by atoms with van der Waals surface area (Å²) in [6, 6.07) is 11.8. The van der Waals surface area contributed by atoms with Gasteiger partial charge in [-0.25, -0.2) is 0 Å². The lowest BCUT2D eigenvalue weighted by atomic mass is 10.0. The van der Waals surface area contributed by atoms with Crippen LogP contribution in [0.3, 0.4) is 0 Å². The van der Waals surface area contributed by atoms with Crippen LogP contribution in [0.25, 0.3) is 11.3 Å². The predicted molar refractivity (Wildman–Crippen MR) is 89.9 cm³/mol. The molecule has 3 nitrogen and oxygen atoms in total. The zero-order valence-corrected chi connectivity index (χ0v) is 13.5. The van der Waals surface area contributed by atoms with Gasteiger partial charge in [0.25, 0.3) is 5.56 Å². The summed E-state index contributed by atoms with van der Waals surface area (Å²) in [5, 5.41) is 9.11. The van der Waals surface area contributed by atoms with E-state index in [4.69, 9.17) is 5.26 Å². The topological polar surface area (TPSA) is 45.8 Å². The third kappa shape index (κ3) is 3.28. The van der Waals surface area contributed by atoms with Gasteiger partial charge in [0.15, 0.2) is 0 Å². The summed E-state index contributed by atoms with van der Waals surface area (Å²) in [4.78, 5) is 12.5. The first-order valence-electron chi connectivity index (χ1n) is 7.80. The van der Waals surface area contributed by atoms with E-state index in [9.17, 15) is 4.79 Å². The summed E-state index contributed by atoms with van der Waals surface area (Å²) >= 11 is 0. The van der Waals surface area contributed by atoms with E-state index in [0.29, 0.717) is 6.54 Å². The molecule has 2 aromatic rings. The number of hydrogen-bond acceptors (Lipinski definition) is 2. The highest BCUT2D eigenvalue weighted by Crippen LogP contribution is 2.24. The van der Waals surface area contributed by atoms with Gasteiger partial charge in [-0.2, -0.15) is 5.26 Å². The Bertz CT molecular complexity index is 766. The molecule has 1 heterocycles. The van der Waals surface area contributed by atoms with Gasteiger partial charge >= 0.3 is 0 Å². The molecule has 0 spiro atoms. The molecule has 0 saturated heterocycles. The highest BCUT2D eigenvalue weighted by molar-refractivity contribution is 5.65. The number of aromatic nitrogens is 1. The molecule has 0 amide bonds. The zero-order chi connectivity index (χ0) is 16.1. The van der Waals surface area contributed by atoms with E-state index in [1.165, 1.54) is 0 Å². The Balaban J connectivity index is 2.60. The second-order valence-electron chi connectivity index (χ2n) is 5.73. The standard InChI is InChI=1S/C19H22N2O/c1-4-5-6-11-21-18(10-9-16(13-20)19(21)22)17-12-14(2)7-8-15(17)3/h7-10,12H,4-6,11H2,1-3H3. The van der Waals surface area contributed by atoms with Gasteiger partial charge in [-0.05, 0) is 44.0 Å². The van der Waals surface area contributed by atoms with Gasteiger partial charge in [-0.15, -0.1) is 0 Å². The fourth-order valence-corrected chi connectivity index (χ4v) is 2.65. The summed E-state index contributed by atoms with van der Waals surface area (Å²) < 4.78 is 1.76. The minimum Gasteiger partial charge on any atom is -0.307 e. The van der Waals surface area contributed by atoms with Crippen LogP contribution >= 0.6 is 0 Å². The fourth-order valence-electron chi connectivity index (χ4n) is 2.65. The number of pyridine rings is 1. The molecule has 0 fully saturated rings. The van der Waals surface area contributed by atoms with Gasteiger partial charge in [0, 0.05) is 12.1 Å². The van der Waals surface area contributed by atoms with Crippen molar-refractivity contribution in [1.82, 2.24) is 4.57 Å². The molecular formula is C19H22N2O. The SMILES string of the molecule is CCCCCn1c(-c2cc(C)ccc2C)ccc(C#N)c1=O. The number of benzene rings is 1. The zero-order valence-electron chi connectivity index (χ0n) is 13.5. The third-order valence-electron chi connectivity index (χ3n) is 3.95. The maximum Gasteiger partial charge on any atom is 0.268 e. The first kappa shape index (κ1) is 16.0. The highest BCUT2D eigenvalue weighted by Gasteiger charge is 2.12. The molecule has 0 aliphatic heterocycles. The van der Waals surface area contributed by atoms with E-state index >= 15 is 0 Å². The lowest BCUT2D eigenvalue weighted by molar-refractivity contribution is 0.591. The minimum absolute atomic E-state index is 0.183. The molecule has 0 N–H and O–H groups in total. The lowest BCUT2D eigenvalue weighted by Crippen LogP contribution is -2.24. The van der Waals surface area contributed by atoms with Crippen LogP contribution in [0.1, 0.15) is 42.9 Å². The van der Waals surface area contributed by atoms with Crippen LogP contribution in [-0.2, 0) is 6.54 Å². The van der Waals surface area contributed by atoms with Crippen molar-refractivity contribution >= 4 is 0 Å². The van der Waals surface area contributed by atoms with Crippen molar-refractivity contribution in [3.63, 3.8) is 0 Å². The molecule has 1 aromatic carbocycles. The summed E-state index contributed by atoms with van der Waals surface area (Å²) in [5.41, 5.74) is 4.30. The number of unbranched alkanes of at least 4 members (excludes halogenated alkanes) is 2. The molecule has 114 valence electrons. The first-order chi connectivity index (χ1) is 10.6. The lowest BCUT2D eigenvalue weighted by Gasteiger charge is -2.15. The van der Waals surface area contributed by atoms with Crippen molar-refractivity contribution in [3.8, 4) is 17.3 Å². The van der Waals surface area contributed by atoms with Crippen LogP contribution in [0, 0.1) is 25.2 Å². The minimum atomic E-state index is -0.183. The van der Waals surface area contributed by atoms with E-state index in [2.05, 4.69) is 25.1 Å². The van der Waals surface area contributed by atoms with Crippen molar-refractivity contribution in [1.29, 1.82) is 5.26 Å². The molecule has 0 saturated carbocycles. The van der Waals surface area contributed by atoms with Crippen LogP contribution in [0.15, 0.2) is 35.1 Å². The normalized spacial score (nSPS) is 10.5. The molecule has 0 radical (unpaired) electrons. The molecule has 1 aromatic heterocycles. The molecule has 22 heavy (non-hydrogen) atoms. The van der Waals surface area contributed by atoms with Gasteiger partial charge in [0.2, 0.25) is 0 Å².